The average molecular weight is 461 g/mol. The number of rotatable bonds is 6. The third kappa shape index (κ3) is 5.47. The maximum absolute atomic E-state index is 12.4. The number of hydrogen-bond acceptors (Lipinski definition) is 6. The van der Waals surface area contributed by atoms with Crippen molar-refractivity contribution in [1.82, 2.24) is 19.8 Å². The Morgan fingerprint density at radius 1 is 1.15 bits per heavy atom. The van der Waals surface area contributed by atoms with Gasteiger partial charge in [-0.2, -0.15) is 0 Å². The van der Waals surface area contributed by atoms with Crippen molar-refractivity contribution < 1.29 is 4.79 Å². The van der Waals surface area contributed by atoms with Gasteiger partial charge in [0.25, 0.3) is 0 Å². The van der Waals surface area contributed by atoms with E-state index in [1.54, 1.807) is 0 Å². The smallest absolute Gasteiger partial charge is 0.236 e. The molecule has 4 rings (SSSR count). The summed E-state index contributed by atoms with van der Waals surface area (Å²) in [5.41, 5.74) is 11.3. The lowest BCUT2D eigenvalue weighted by Gasteiger charge is -2.33. The fourth-order valence-electron chi connectivity index (χ4n) is 4.84. The first-order valence-corrected chi connectivity index (χ1v) is 12.0. The Kier molecular flexibility index (Phi) is 7.03. The summed E-state index contributed by atoms with van der Waals surface area (Å²) in [4.78, 5) is 25.8. The molecule has 1 aliphatic heterocycles. The molecule has 3 aromatic rings. The molecule has 0 unspecified atom stereocenters. The molecule has 3 N–H and O–H groups in total. The highest BCUT2D eigenvalue weighted by Crippen LogP contribution is 2.33. The molecule has 0 spiro atoms. The summed E-state index contributed by atoms with van der Waals surface area (Å²) in [5.74, 6) is 2.22. The van der Waals surface area contributed by atoms with E-state index in [-0.39, 0.29) is 11.9 Å². The number of benzene rings is 2. The SMILES string of the molecule is Cc1cc(N)cc([C@H](C)Nc2nc(C)nc3ccc(C4CCN(C(=O)CN(C)C)CC4)cc23)c1. The number of likely N-dealkylation sites (N-methyl/N-ethyl adjacent to an activating group) is 1. The molecule has 180 valence electrons. The second-order valence-corrected chi connectivity index (χ2v) is 9.83. The number of aryl methyl sites for hydroxylation is 2. The predicted octanol–water partition coefficient (Wildman–Crippen LogP) is 4.27. The van der Waals surface area contributed by atoms with Crippen LogP contribution in [0.3, 0.4) is 0 Å². The number of amides is 1. The number of hydrogen-bond donors (Lipinski definition) is 2. The largest absolute Gasteiger partial charge is 0.399 e. The van der Waals surface area contributed by atoms with Crippen molar-refractivity contribution in [1.29, 1.82) is 0 Å². The van der Waals surface area contributed by atoms with Crippen LogP contribution in [0.25, 0.3) is 10.9 Å². The summed E-state index contributed by atoms with van der Waals surface area (Å²) >= 11 is 0. The van der Waals surface area contributed by atoms with Gasteiger partial charge >= 0.3 is 0 Å². The Morgan fingerprint density at radius 3 is 2.56 bits per heavy atom. The van der Waals surface area contributed by atoms with E-state index in [1.807, 2.05) is 43.0 Å². The van der Waals surface area contributed by atoms with Gasteiger partial charge in [0.2, 0.25) is 5.91 Å². The molecular weight excluding hydrogens is 424 g/mol. The number of fused-ring (bicyclic) bond motifs is 1. The molecule has 7 nitrogen and oxygen atoms in total. The third-order valence-electron chi connectivity index (χ3n) is 6.58. The lowest BCUT2D eigenvalue weighted by molar-refractivity contribution is -0.132. The minimum atomic E-state index is 0.0503. The topological polar surface area (TPSA) is 87.4 Å². The molecule has 34 heavy (non-hydrogen) atoms. The van der Waals surface area contributed by atoms with Crippen molar-refractivity contribution in [2.45, 2.75) is 45.6 Å². The van der Waals surface area contributed by atoms with Gasteiger partial charge in [0.1, 0.15) is 11.6 Å². The van der Waals surface area contributed by atoms with Crippen LogP contribution in [0.2, 0.25) is 0 Å². The van der Waals surface area contributed by atoms with Crippen molar-refractivity contribution in [2.75, 3.05) is 44.8 Å². The molecule has 0 aliphatic carbocycles. The van der Waals surface area contributed by atoms with Gasteiger partial charge < -0.3 is 20.9 Å². The number of nitrogens with one attached hydrogen (secondary N) is 1. The Balaban J connectivity index is 1.56. The Bertz CT molecular complexity index is 1160. The lowest BCUT2D eigenvalue weighted by atomic mass is 9.88. The summed E-state index contributed by atoms with van der Waals surface area (Å²) in [7, 11) is 3.87. The summed E-state index contributed by atoms with van der Waals surface area (Å²) in [6, 6.07) is 12.7. The molecular formula is C27H36N6O. The van der Waals surface area contributed by atoms with Gasteiger partial charge in [-0.1, -0.05) is 12.1 Å². The highest BCUT2D eigenvalue weighted by Gasteiger charge is 2.24. The van der Waals surface area contributed by atoms with Crippen LogP contribution in [0.4, 0.5) is 11.5 Å². The molecule has 2 aromatic carbocycles. The number of nitrogens with two attached hydrogens (primary N) is 1. The van der Waals surface area contributed by atoms with Crippen LogP contribution in [0, 0.1) is 13.8 Å². The van der Waals surface area contributed by atoms with Gasteiger partial charge in [0, 0.05) is 24.2 Å². The van der Waals surface area contributed by atoms with Gasteiger partial charge in [-0.15, -0.1) is 0 Å². The third-order valence-corrected chi connectivity index (χ3v) is 6.58. The zero-order chi connectivity index (χ0) is 24.4. The molecule has 0 saturated carbocycles. The molecule has 1 fully saturated rings. The van der Waals surface area contributed by atoms with Crippen molar-refractivity contribution in [3.63, 3.8) is 0 Å². The van der Waals surface area contributed by atoms with Crippen LogP contribution in [0.5, 0.6) is 0 Å². The van der Waals surface area contributed by atoms with Gasteiger partial charge in [-0.3, -0.25) is 4.79 Å². The number of anilines is 2. The zero-order valence-electron chi connectivity index (χ0n) is 20.9. The highest BCUT2D eigenvalue weighted by atomic mass is 16.2. The normalized spacial score (nSPS) is 15.6. The predicted molar refractivity (Wildman–Crippen MR) is 139 cm³/mol. The Hall–Kier alpha value is -3.19. The minimum absolute atomic E-state index is 0.0503. The van der Waals surface area contributed by atoms with E-state index in [4.69, 9.17) is 10.7 Å². The number of carbonyl (C=O) groups excluding carboxylic acids is 1. The standard InChI is InChI=1S/C27H36N6O/c1-17-12-22(14-23(28)13-17)18(2)29-27-24-15-21(6-7-25(24)30-19(3)31-27)20-8-10-33(11-9-20)26(34)16-32(4)5/h6-7,12-15,18,20H,8-11,16,28H2,1-5H3,(H,29,30,31)/t18-/m0/s1. The first-order valence-electron chi connectivity index (χ1n) is 12.0. The van der Waals surface area contributed by atoms with Crippen molar-refractivity contribution in [3.05, 3.63) is 58.9 Å². The van der Waals surface area contributed by atoms with E-state index in [9.17, 15) is 4.79 Å². The van der Waals surface area contributed by atoms with E-state index in [2.05, 4.69) is 48.4 Å². The quantitative estimate of drug-likeness (QED) is 0.534. The molecule has 2 heterocycles. The van der Waals surface area contributed by atoms with E-state index in [1.165, 1.54) is 5.56 Å². The van der Waals surface area contributed by atoms with Crippen LogP contribution in [0.1, 0.15) is 54.2 Å². The highest BCUT2D eigenvalue weighted by molar-refractivity contribution is 5.90. The van der Waals surface area contributed by atoms with E-state index in [0.29, 0.717) is 12.5 Å². The number of aromatic nitrogens is 2. The minimum Gasteiger partial charge on any atom is -0.399 e. The van der Waals surface area contributed by atoms with Crippen molar-refractivity contribution >= 4 is 28.3 Å². The first kappa shape index (κ1) is 24.0. The maximum atomic E-state index is 12.4. The number of piperidine rings is 1. The fourth-order valence-corrected chi connectivity index (χ4v) is 4.84. The Morgan fingerprint density at radius 2 is 1.88 bits per heavy atom. The van der Waals surface area contributed by atoms with Gasteiger partial charge in [-0.25, -0.2) is 9.97 Å². The molecule has 1 atom stereocenters. The number of nitrogen functional groups attached to an aromatic ring is 1. The average Bonchev–Trinajstić information content (AvgIpc) is 2.77. The maximum Gasteiger partial charge on any atom is 0.236 e. The monoisotopic (exact) mass is 460 g/mol. The van der Waals surface area contributed by atoms with Gasteiger partial charge in [0.05, 0.1) is 18.1 Å². The molecule has 0 radical (unpaired) electrons. The molecule has 1 aliphatic rings. The molecule has 7 heteroatoms. The second kappa shape index (κ2) is 9.97. The lowest BCUT2D eigenvalue weighted by Crippen LogP contribution is -2.42. The van der Waals surface area contributed by atoms with E-state index >= 15 is 0 Å². The molecule has 1 aromatic heterocycles. The summed E-state index contributed by atoms with van der Waals surface area (Å²) < 4.78 is 0. The van der Waals surface area contributed by atoms with Crippen molar-refractivity contribution in [2.24, 2.45) is 0 Å². The van der Waals surface area contributed by atoms with E-state index in [0.717, 1.165) is 65.3 Å². The summed E-state index contributed by atoms with van der Waals surface area (Å²) in [6.07, 6.45) is 1.94. The molecule has 0 bridgehead atoms. The first-order chi connectivity index (χ1) is 16.2. The fraction of sp³-hybridized carbons (Fsp3) is 0.444. The van der Waals surface area contributed by atoms with Crippen LogP contribution < -0.4 is 11.1 Å². The summed E-state index contributed by atoms with van der Waals surface area (Å²) in [6.45, 7) is 8.18. The van der Waals surface area contributed by atoms with Crippen LogP contribution in [0.15, 0.2) is 36.4 Å². The van der Waals surface area contributed by atoms with Crippen LogP contribution >= 0.6 is 0 Å². The van der Waals surface area contributed by atoms with Crippen LogP contribution in [-0.4, -0.2) is 59.4 Å². The zero-order valence-corrected chi connectivity index (χ0v) is 20.9. The Labute approximate surface area is 202 Å². The van der Waals surface area contributed by atoms with Crippen LogP contribution in [-0.2, 0) is 4.79 Å². The number of carbonyl (C=O) groups is 1. The number of likely N-dealkylation sites (tertiary alicyclic amines) is 1. The van der Waals surface area contributed by atoms with Gasteiger partial charge in [-0.05, 0) is 94.6 Å². The second-order valence-electron chi connectivity index (χ2n) is 9.83. The van der Waals surface area contributed by atoms with Crippen molar-refractivity contribution in [3.8, 4) is 0 Å². The molecule has 1 amide bonds. The molecule has 1 saturated heterocycles. The van der Waals surface area contributed by atoms with E-state index < -0.39 is 0 Å². The summed E-state index contributed by atoms with van der Waals surface area (Å²) in [5, 5.41) is 4.63. The van der Waals surface area contributed by atoms with Gasteiger partial charge in [0.15, 0.2) is 0 Å². The number of nitrogens with zero attached hydrogens (tertiary/aromatic N) is 4.